The van der Waals surface area contributed by atoms with Crippen molar-refractivity contribution in [3.63, 3.8) is 0 Å². The molecular formula is C20H25ClN4O4S. The highest BCUT2D eigenvalue weighted by Gasteiger charge is 2.19. The third kappa shape index (κ3) is 6.93. The smallest absolute Gasteiger partial charge is 0.312 e. The van der Waals surface area contributed by atoms with E-state index in [1.165, 1.54) is 11.3 Å². The summed E-state index contributed by atoms with van der Waals surface area (Å²) < 4.78 is 5.50. The summed E-state index contributed by atoms with van der Waals surface area (Å²) in [6, 6.07) is 7.18. The predicted molar refractivity (Wildman–Crippen MR) is 118 cm³/mol. The first kappa shape index (κ1) is 23.5. The number of hydrogen-bond acceptors (Lipinski definition) is 5. The van der Waals surface area contributed by atoms with E-state index in [1.54, 1.807) is 23.1 Å². The van der Waals surface area contributed by atoms with E-state index in [1.807, 2.05) is 31.4 Å². The molecular weight excluding hydrogens is 428 g/mol. The van der Waals surface area contributed by atoms with Gasteiger partial charge in [0.1, 0.15) is 5.75 Å². The van der Waals surface area contributed by atoms with Crippen LogP contribution in [0.1, 0.15) is 31.2 Å². The van der Waals surface area contributed by atoms with Crippen molar-refractivity contribution in [3.8, 4) is 5.75 Å². The average Bonchev–Trinajstić information content (AvgIpc) is 3.22. The molecule has 0 saturated carbocycles. The fourth-order valence-corrected chi connectivity index (χ4v) is 3.80. The summed E-state index contributed by atoms with van der Waals surface area (Å²) in [4.78, 5) is 38.2. The number of amides is 4. The number of nitrogens with one attached hydrogen (secondary N) is 2. The zero-order valence-electron chi connectivity index (χ0n) is 16.8. The van der Waals surface area contributed by atoms with Crippen molar-refractivity contribution in [2.75, 3.05) is 25.0 Å². The van der Waals surface area contributed by atoms with Crippen LogP contribution in [-0.2, 0) is 9.59 Å². The van der Waals surface area contributed by atoms with Crippen molar-refractivity contribution < 1.29 is 19.1 Å². The van der Waals surface area contributed by atoms with Crippen molar-refractivity contribution in [2.45, 2.75) is 26.3 Å². The monoisotopic (exact) mass is 452 g/mol. The van der Waals surface area contributed by atoms with Gasteiger partial charge in [0.2, 0.25) is 5.91 Å². The lowest BCUT2D eigenvalue weighted by Gasteiger charge is -2.19. The number of benzene rings is 1. The van der Waals surface area contributed by atoms with E-state index < -0.39 is 12.1 Å². The van der Waals surface area contributed by atoms with E-state index in [0.717, 1.165) is 4.88 Å². The largest absolute Gasteiger partial charge is 0.482 e. The lowest BCUT2D eigenvalue weighted by Crippen LogP contribution is -2.34. The topological polar surface area (TPSA) is 114 Å². The second kappa shape index (κ2) is 11.4. The van der Waals surface area contributed by atoms with Crippen molar-refractivity contribution in [2.24, 2.45) is 5.73 Å². The molecule has 2 rings (SSSR count). The summed E-state index contributed by atoms with van der Waals surface area (Å²) in [5.74, 6) is -0.0966. The molecule has 0 saturated heterocycles. The highest BCUT2D eigenvalue weighted by atomic mass is 35.5. The van der Waals surface area contributed by atoms with E-state index in [2.05, 4.69) is 10.6 Å². The molecule has 0 fully saturated rings. The van der Waals surface area contributed by atoms with Crippen LogP contribution in [0, 0.1) is 0 Å². The standard InChI is InChI=1S/C20H25ClN4O4S/c1-3-25(4-2)19(27)12-29-16-8-7-13(10-14(16)21)23-18(26)11-15(24-20(22)28)17-6-5-9-30-17/h5-10,15H,3-4,11-12H2,1-2H3,(H,23,26)(H3,22,24,28). The van der Waals surface area contributed by atoms with Crippen LogP contribution in [0.3, 0.4) is 0 Å². The molecule has 8 nitrogen and oxygen atoms in total. The maximum Gasteiger partial charge on any atom is 0.312 e. The Bertz CT molecular complexity index is 872. The van der Waals surface area contributed by atoms with Crippen LogP contribution >= 0.6 is 22.9 Å². The number of primary amides is 1. The molecule has 1 aromatic heterocycles. The number of carbonyl (C=O) groups excluding carboxylic acids is 3. The number of likely N-dealkylation sites (N-methyl/N-ethyl adjacent to an activating group) is 1. The predicted octanol–water partition coefficient (Wildman–Crippen LogP) is 3.39. The van der Waals surface area contributed by atoms with Gasteiger partial charge < -0.3 is 26.0 Å². The third-order valence-electron chi connectivity index (χ3n) is 4.28. The molecule has 1 unspecified atom stereocenters. The zero-order valence-corrected chi connectivity index (χ0v) is 18.4. The van der Waals surface area contributed by atoms with Crippen molar-refractivity contribution >= 4 is 46.5 Å². The minimum absolute atomic E-state index is 0.0116. The quantitative estimate of drug-likeness (QED) is 0.512. The lowest BCUT2D eigenvalue weighted by atomic mass is 10.1. The SMILES string of the molecule is CCN(CC)C(=O)COc1ccc(NC(=O)CC(NC(N)=O)c2cccs2)cc1Cl. The zero-order chi connectivity index (χ0) is 22.1. The molecule has 1 heterocycles. The van der Waals surface area contributed by atoms with Crippen LogP contribution in [0.15, 0.2) is 35.7 Å². The highest BCUT2D eigenvalue weighted by Crippen LogP contribution is 2.28. The van der Waals surface area contributed by atoms with Crippen LogP contribution in [0.25, 0.3) is 0 Å². The van der Waals surface area contributed by atoms with Crippen LogP contribution < -0.4 is 21.1 Å². The molecule has 30 heavy (non-hydrogen) atoms. The van der Waals surface area contributed by atoms with Gasteiger partial charge in [-0.3, -0.25) is 9.59 Å². The summed E-state index contributed by atoms with van der Waals surface area (Å²) in [6.45, 7) is 4.89. The number of anilines is 1. The van der Waals surface area contributed by atoms with Crippen LogP contribution in [0.2, 0.25) is 5.02 Å². The van der Waals surface area contributed by atoms with E-state index in [9.17, 15) is 14.4 Å². The summed E-state index contributed by atoms with van der Waals surface area (Å²) in [5.41, 5.74) is 5.68. The molecule has 0 aliphatic rings. The number of carbonyl (C=O) groups is 3. The molecule has 0 spiro atoms. The van der Waals surface area contributed by atoms with E-state index >= 15 is 0 Å². The van der Waals surface area contributed by atoms with Crippen molar-refractivity contribution in [1.29, 1.82) is 0 Å². The van der Waals surface area contributed by atoms with Gasteiger partial charge in [-0.05, 0) is 43.5 Å². The Kier molecular flexibility index (Phi) is 8.94. The Labute approximate surface area is 184 Å². The molecule has 0 aliphatic carbocycles. The molecule has 4 amide bonds. The Balaban J connectivity index is 1.96. The first-order valence-corrected chi connectivity index (χ1v) is 10.7. The van der Waals surface area contributed by atoms with Crippen LogP contribution in [-0.4, -0.2) is 42.4 Å². The molecule has 1 atom stereocenters. The van der Waals surface area contributed by atoms with Crippen LogP contribution in [0.4, 0.5) is 10.5 Å². The van der Waals surface area contributed by atoms with Crippen molar-refractivity contribution in [1.82, 2.24) is 10.2 Å². The maximum absolute atomic E-state index is 12.4. The summed E-state index contributed by atoms with van der Waals surface area (Å²) in [7, 11) is 0. The molecule has 2 aromatic rings. The number of halogens is 1. The summed E-state index contributed by atoms with van der Waals surface area (Å²) in [5, 5.41) is 7.43. The van der Waals surface area contributed by atoms with E-state index in [4.69, 9.17) is 22.1 Å². The number of rotatable bonds is 10. The minimum atomic E-state index is -0.704. The number of nitrogens with two attached hydrogens (primary N) is 1. The van der Waals surface area contributed by atoms with Gasteiger partial charge in [-0.25, -0.2) is 4.79 Å². The number of thiophene rings is 1. The molecule has 10 heteroatoms. The second-order valence-corrected chi connectivity index (χ2v) is 7.72. The van der Waals surface area contributed by atoms with E-state index in [0.29, 0.717) is 24.5 Å². The number of urea groups is 1. The van der Waals surface area contributed by atoms with Crippen molar-refractivity contribution in [3.05, 3.63) is 45.6 Å². The van der Waals surface area contributed by atoms with Crippen LogP contribution in [0.5, 0.6) is 5.75 Å². The molecule has 0 bridgehead atoms. The number of hydrogen-bond donors (Lipinski definition) is 3. The van der Waals surface area contributed by atoms with Gasteiger partial charge in [0.05, 0.1) is 17.5 Å². The summed E-state index contributed by atoms with van der Waals surface area (Å²) in [6.07, 6.45) is 0.0116. The fraction of sp³-hybridized carbons (Fsp3) is 0.350. The van der Waals surface area contributed by atoms with Gasteiger partial charge >= 0.3 is 6.03 Å². The van der Waals surface area contributed by atoms with Gasteiger partial charge in [0.25, 0.3) is 5.91 Å². The Morgan fingerprint density at radius 1 is 1.23 bits per heavy atom. The highest BCUT2D eigenvalue weighted by molar-refractivity contribution is 7.10. The normalized spacial score (nSPS) is 11.4. The first-order valence-electron chi connectivity index (χ1n) is 9.43. The van der Waals surface area contributed by atoms with E-state index in [-0.39, 0.29) is 29.9 Å². The number of ether oxygens (including phenoxy) is 1. The lowest BCUT2D eigenvalue weighted by molar-refractivity contribution is -0.133. The molecule has 162 valence electrons. The van der Waals surface area contributed by atoms with Gasteiger partial charge in [-0.1, -0.05) is 17.7 Å². The third-order valence-corrected chi connectivity index (χ3v) is 5.56. The first-order chi connectivity index (χ1) is 14.3. The fourth-order valence-electron chi connectivity index (χ4n) is 2.78. The summed E-state index contributed by atoms with van der Waals surface area (Å²) >= 11 is 7.65. The van der Waals surface area contributed by atoms with Gasteiger partial charge in [-0.2, -0.15) is 0 Å². The van der Waals surface area contributed by atoms with Gasteiger partial charge in [0, 0.05) is 23.7 Å². The number of nitrogens with zero attached hydrogens (tertiary/aromatic N) is 1. The molecule has 1 aromatic carbocycles. The molecule has 0 radical (unpaired) electrons. The molecule has 0 aliphatic heterocycles. The second-order valence-electron chi connectivity index (χ2n) is 6.33. The van der Waals surface area contributed by atoms with Gasteiger partial charge in [-0.15, -0.1) is 11.3 Å². The Morgan fingerprint density at radius 3 is 2.53 bits per heavy atom. The average molecular weight is 453 g/mol. The Hall–Kier alpha value is -2.78. The minimum Gasteiger partial charge on any atom is -0.482 e. The maximum atomic E-state index is 12.4. The molecule has 4 N–H and O–H groups in total. The van der Waals surface area contributed by atoms with Gasteiger partial charge in [0.15, 0.2) is 6.61 Å². The Morgan fingerprint density at radius 2 is 1.97 bits per heavy atom.